The van der Waals surface area contributed by atoms with Crippen molar-refractivity contribution in [2.24, 2.45) is 0 Å². The van der Waals surface area contributed by atoms with E-state index in [0.717, 1.165) is 30.6 Å². The molecule has 1 aliphatic carbocycles. The lowest BCUT2D eigenvalue weighted by molar-refractivity contribution is -0.132. The van der Waals surface area contributed by atoms with Crippen LogP contribution in [0.2, 0.25) is 0 Å². The number of benzene rings is 2. The quantitative estimate of drug-likeness (QED) is 0.690. The Bertz CT molecular complexity index is 1040. The first-order valence-corrected chi connectivity index (χ1v) is 12.4. The fourth-order valence-electron chi connectivity index (χ4n) is 4.43. The van der Waals surface area contributed by atoms with E-state index >= 15 is 0 Å². The average molecular weight is 443 g/mol. The minimum Gasteiger partial charge on any atom is -0.497 e. The summed E-state index contributed by atoms with van der Waals surface area (Å²) in [6.07, 6.45) is 5.33. The number of nitrogens with zero attached hydrogens (tertiary/aromatic N) is 2. The first-order chi connectivity index (χ1) is 15.0. The number of hydrogen-bond acceptors (Lipinski definition) is 4. The van der Waals surface area contributed by atoms with Crippen LogP contribution in [-0.2, 0) is 34.1 Å². The van der Waals surface area contributed by atoms with Crippen LogP contribution in [-0.4, -0.2) is 56.8 Å². The van der Waals surface area contributed by atoms with E-state index in [2.05, 4.69) is 0 Å². The van der Waals surface area contributed by atoms with Crippen molar-refractivity contribution in [1.82, 2.24) is 9.21 Å². The molecule has 0 bridgehead atoms. The van der Waals surface area contributed by atoms with E-state index in [4.69, 9.17) is 4.74 Å². The molecule has 31 heavy (non-hydrogen) atoms. The van der Waals surface area contributed by atoms with Crippen molar-refractivity contribution in [3.05, 3.63) is 59.2 Å². The van der Waals surface area contributed by atoms with Crippen LogP contribution in [0, 0.1) is 0 Å². The Morgan fingerprint density at radius 1 is 0.968 bits per heavy atom. The smallest absolute Gasteiger partial charge is 0.243 e. The van der Waals surface area contributed by atoms with E-state index in [0.29, 0.717) is 43.9 Å². The lowest BCUT2D eigenvalue weighted by atomic mass is 9.92. The number of sulfonamides is 1. The first-order valence-electron chi connectivity index (χ1n) is 11.0. The molecule has 0 unspecified atom stereocenters. The molecule has 6 nitrogen and oxygen atoms in total. The zero-order chi connectivity index (χ0) is 21.8. The van der Waals surface area contributed by atoms with Gasteiger partial charge in [-0.3, -0.25) is 4.79 Å². The summed E-state index contributed by atoms with van der Waals surface area (Å²) in [5, 5.41) is 0. The predicted molar refractivity (Wildman–Crippen MR) is 120 cm³/mol. The molecular weight excluding hydrogens is 412 g/mol. The molecule has 2 aromatic rings. The Balaban J connectivity index is 1.33. The van der Waals surface area contributed by atoms with Gasteiger partial charge in [-0.1, -0.05) is 18.2 Å². The maximum absolute atomic E-state index is 13.1. The lowest BCUT2D eigenvalue weighted by Crippen LogP contribution is -2.50. The molecule has 166 valence electrons. The summed E-state index contributed by atoms with van der Waals surface area (Å²) in [5.41, 5.74) is 3.50. The Morgan fingerprint density at radius 3 is 2.45 bits per heavy atom. The van der Waals surface area contributed by atoms with E-state index < -0.39 is 10.0 Å². The van der Waals surface area contributed by atoms with Crippen LogP contribution in [0.15, 0.2) is 47.4 Å². The highest BCUT2D eigenvalue weighted by Gasteiger charge is 2.30. The van der Waals surface area contributed by atoms with Crippen LogP contribution in [0.3, 0.4) is 0 Å². The number of rotatable bonds is 6. The first kappa shape index (κ1) is 21.8. The summed E-state index contributed by atoms with van der Waals surface area (Å²) in [6, 6.07) is 13.3. The molecule has 0 aromatic heterocycles. The summed E-state index contributed by atoms with van der Waals surface area (Å²) in [5.74, 6) is 0.847. The summed E-state index contributed by atoms with van der Waals surface area (Å²) < 4.78 is 33.0. The van der Waals surface area contributed by atoms with Crippen molar-refractivity contribution in [3.8, 4) is 5.75 Å². The maximum Gasteiger partial charge on any atom is 0.243 e. The van der Waals surface area contributed by atoms with E-state index in [1.807, 2.05) is 36.4 Å². The number of carbonyl (C=O) groups is 1. The van der Waals surface area contributed by atoms with E-state index in [-0.39, 0.29) is 5.91 Å². The summed E-state index contributed by atoms with van der Waals surface area (Å²) >= 11 is 0. The topological polar surface area (TPSA) is 66.9 Å². The zero-order valence-corrected chi connectivity index (χ0v) is 18.9. The Labute approximate surface area is 184 Å². The van der Waals surface area contributed by atoms with Crippen molar-refractivity contribution in [3.63, 3.8) is 0 Å². The van der Waals surface area contributed by atoms with E-state index in [1.165, 1.54) is 21.9 Å². The number of amides is 1. The van der Waals surface area contributed by atoms with Crippen LogP contribution in [0.1, 0.15) is 36.0 Å². The number of piperazine rings is 1. The van der Waals surface area contributed by atoms with Crippen LogP contribution < -0.4 is 4.74 Å². The molecule has 1 fully saturated rings. The third-order valence-electron chi connectivity index (χ3n) is 6.31. The molecule has 1 amide bonds. The van der Waals surface area contributed by atoms with Gasteiger partial charge in [0.05, 0.1) is 12.0 Å². The second-order valence-corrected chi connectivity index (χ2v) is 10.2. The maximum atomic E-state index is 13.1. The van der Waals surface area contributed by atoms with Gasteiger partial charge in [0.25, 0.3) is 0 Å². The molecule has 2 aliphatic rings. The molecule has 0 N–H and O–H groups in total. The van der Waals surface area contributed by atoms with Gasteiger partial charge in [0.15, 0.2) is 0 Å². The number of aryl methyl sites for hydroxylation is 3. The SMILES string of the molecule is COc1cccc(CCC(=O)N2CCN(S(=O)(=O)c3ccc4c(c3)CCCC4)CC2)c1. The zero-order valence-electron chi connectivity index (χ0n) is 18.0. The van der Waals surface area contributed by atoms with Crippen LogP contribution >= 0.6 is 0 Å². The number of methoxy groups -OCH3 is 1. The van der Waals surface area contributed by atoms with Crippen LogP contribution in [0.5, 0.6) is 5.75 Å². The summed E-state index contributed by atoms with van der Waals surface area (Å²) in [7, 11) is -1.90. The third kappa shape index (κ3) is 4.93. The van der Waals surface area contributed by atoms with Gasteiger partial charge in [-0.05, 0) is 73.1 Å². The minimum atomic E-state index is -3.53. The third-order valence-corrected chi connectivity index (χ3v) is 8.21. The predicted octanol–water partition coefficient (Wildman–Crippen LogP) is 3.04. The second kappa shape index (κ2) is 9.40. The normalized spacial score (nSPS) is 17.3. The van der Waals surface area contributed by atoms with Gasteiger partial charge in [-0.15, -0.1) is 0 Å². The molecule has 0 saturated carbocycles. The van der Waals surface area contributed by atoms with Gasteiger partial charge in [-0.25, -0.2) is 8.42 Å². The molecule has 1 aliphatic heterocycles. The highest BCUT2D eigenvalue weighted by Crippen LogP contribution is 2.26. The van der Waals surface area contributed by atoms with Gasteiger partial charge in [0.1, 0.15) is 5.75 Å². The van der Waals surface area contributed by atoms with Crippen LogP contribution in [0.4, 0.5) is 0 Å². The largest absolute Gasteiger partial charge is 0.497 e. The van der Waals surface area contributed by atoms with Gasteiger partial charge in [0.2, 0.25) is 15.9 Å². The molecule has 1 saturated heterocycles. The molecule has 4 rings (SSSR count). The van der Waals surface area contributed by atoms with Crippen LogP contribution in [0.25, 0.3) is 0 Å². The fraction of sp³-hybridized carbons (Fsp3) is 0.458. The fourth-order valence-corrected chi connectivity index (χ4v) is 5.91. The molecular formula is C24H30N2O4S. The average Bonchev–Trinajstić information content (AvgIpc) is 2.82. The van der Waals surface area contributed by atoms with Crippen molar-refractivity contribution >= 4 is 15.9 Å². The van der Waals surface area contributed by atoms with Gasteiger partial charge >= 0.3 is 0 Å². The van der Waals surface area contributed by atoms with Crippen molar-refractivity contribution in [1.29, 1.82) is 0 Å². The number of fused-ring (bicyclic) bond motifs is 1. The number of ether oxygens (including phenoxy) is 1. The molecule has 2 aromatic carbocycles. The Hall–Kier alpha value is -2.38. The lowest BCUT2D eigenvalue weighted by Gasteiger charge is -2.34. The summed E-state index contributed by atoms with van der Waals surface area (Å²) in [4.78, 5) is 14.8. The van der Waals surface area contributed by atoms with Gasteiger partial charge < -0.3 is 9.64 Å². The molecule has 0 spiro atoms. The van der Waals surface area contributed by atoms with E-state index in [1.54, 1.807) is 18.1 Å². The van der Waals surface area contributed by atoms with E-state index in [9.17, 15) is 13.2 Å². The number of hydrogen-bond donors (Lipinski definition) is 0. The Kier molecular flexibility index (Phi) is 6.62. The van der Waals surface area contributed by atoms with Gasteiger partial charge in [0, 0.05) is 32.6 Å². The highest BCUT2D eigenvalue weighted by molar-refractivity contribution is 7.89. The minimum absolute atomic E-state index is 0.0636. The van der Waals surface area contributed by atoms with Crippen molar-refractivity contribution in [2.45, 2.75) is 43.4 Å². The molecule has 0 atom stereocenters. The van der Waals surface area contributed by atoms with Gasteiger partial charge in [-0.2, -0.15) is 4.31 Å². The van der Waals surface area contributed by atoms with Crippen molar-refractivity contribution in [2.75, 3.05) is 33.3 Å². The monoisotopic (exact) mass is 442 g/mol. The Morgan fingerprint density at radius 2 is 1.71 bits per heavy atom. The molecule has 7 heteroatoms. The number of carbonyl (C=O) groups excluding carboxylic acids is 1. The standard InChI is InChI=1S/C24H30N2O4S/c1-30-22-8-4-5-19(17-22)9-12-24(27)25-13-15-26(16-14-25)31(28,29)23-11-10-20-6-2-3-7-21(20)18-23/h4-5,8,10-11,17-18H,2-3,6-7,9,12-16H2,1H3. The second-order valence-electron chi connectivity index (χ2n) is 8.27. The molecule has 1 heterocycles. The summed E-state index contributed by atoms with van der Waals surface area (Å²) in [6.45, 7) is 1.54. The highest BCUT2D eigenvalue weighted by atomic mass is 32.2. The van der Waals surface area contributed by atoms with Crippen molar-refractivity contribution < 1.29 is 17.9 Å². The molecule has 0 radical (unpaired) electrons.